The Morgan fingerprint density at radius 3 is 2.91 bits per heavy atom. The lowest BCUT2D eigenvalue weighted by Crippen LogP contribution is -1.99. The van der Waals surface area contributed by atoms with Crippen LogP contribution in [0.25, 0.3) is 27.8 Å². The molecule has 0 aliphatic heterocycles. The quantitative estimate of drug-likeness (QED) is 0.614. The van der Waals surface area contributed by atoms with E-state index < -0.39 is 0 Å². The lowest BCUT2D eigenvalue weighted by molar-refractivity contribution is 0.449. The van der Waals surface area contributed by atoms with E-state index >= 15 is 0 Å². The monoisotopic (exact) mass is 313 g/mol. The van der Waals surface area contributed by atoms with Gasteiger partial charge in [-0.3, -0.25) is 4.79 Å². The van der Waals surface area contributed by atoms with Crippen molar-refractivity contribution in [1.82, 2.24) is 25.4 Å². The lowest BCUT2D eigenvalue weighted by atomic mass is 10.0. The van der Waals surface area contributed by atoms with E-state index in [1.165, 1.54) is 6.33 Å². The van der Waals surface area contributed by atoms with Crippen LogP contribution >= 0.6 is 11.6 Å². The number of tetrazole rings is 1. The molecular weight excluding hydrogens is 306 g/mol. The fourth-order valence-corrected chi connectivity index (χ4v) is 2.50. The maximum absolute atomic E-state index is 11.5. The topological polar surface area (TPSA) is 89.6 Å². The van der Waals surface area contributed by atoms with E-state index in [1.807, 2.05) is 18.2 Å². The van der Waals surface area contributed by atoms with Gasteiger partial charge in [-0.15, -0.1) is 5.10 Å². The SMILES string of the molecule is O=c1[nH]oc2cc(-c3cc(Cl)ccc3-n3cnnn3)ccc12. The molecular formula is C14H8ClN5O2. The number of nitrogens with one attached hydrogen (secondary N) is 1. The molecule has 0 saturated carbocycles. The zero-order chi connectivity index (χ0) is 15.1. The van der Waals surface area contributed by atoms with Crippen molar-refractivity contribution in [3.63, 3.8) is 0 Å². The number of aromatic amines is 1. The number of benzene rings is 2. The first kappa shape index (κ1) is 12.8. The molecule has 8 heteroatoms. The van der Waals surface area contributed by atoms with E-state index in [0.29, 0.717) is 16.0 Å². The summed E-state index contributed by atoms with van der Waals surface area (Å²) in [5, 5.41) is 14.6. The minimum absolute atomic E-state index is 0.256. The molecule has 0 unspecified atom stereocenters. The molecule has 0 saturated heterocycles. The Labute approximate surface area is 128 Å². The van der Waals surface area contributed by atoms with Crippen molar-refractivity contribution in [3.8, 4) is 16.8 Å². The van der Waals surface area contributed by atoms with Crippen molar-refractivity contribution in [2.24, 2.45) is 0 Å². The van der Waals surface area contributed by atoms with Crippen molar-refractivity contribution in [2.45, 2.75) is 0 Å². The molecule has 0 fully saturated rings. The normalized spacial score (nSPS) is 11.1. The number of fused-ring (bicyclic) bond motifs is 1. The molecule has 0 amide bonds. The first-order valence-corrected chi connectivity index (χ1v) is 6.75. The first-order chi connectivity index (χ1) is 10.7. The van der Waals surface area contributed by atoms with Crippen LogP contribution in [-0.2, 0) is 0 Å². The van der Waals surface area contributed by atoms with Gasteiger partial charge in [-0.05, 0) is 46.3 Å². The van der Waals surface area contributed by atoms with Crippen molar-refractivity contribution in [3.05, 3.63) is 58.1 Å². The van der Waals surface area contributed by atoms with Crippen molar-refractivity contribution in [1.29, 1.82) is 0 Å². The van der Waals surface area contributed by atoms with Crippen molar-refractivity contribution < 1.29 is 4.52 Å². The molecule has 0 radical (unpaired) electrons. The van der Waals surface area contributed by atoms with Gasteiger partial charge < -0.3 is 4.52 Å². The zero-order valence-electron chi connectivity index (χ0n) is 11.0. The number of H-pyrrole nitrogens is 1. The number of halogens is 1. The van der Waals surface area contributed by atoms with Crippen LogP contribution in [0.1, 0.15) is 0 Å². The summed E-state index contributed by atoms with van der Waals surface area (Å²) in [7, 11) is 0. The van der Waals surface area contributed by atoms with Crippen LogP contribution in [0.15, 0.2) is 52.0 Å². The molecule has 0 bridgehead atoms. The molecule has 4 aromatic rings. The van der Waals surface area contributed by atoms with Crippen LogP contribution in [0, 0.1) is 0 Å². The average Bonchev–Trinajstić information content (AvgIpc) is 3.17. The minimum atomic E-state index is -0.256. The fourth-order valence-electron chi connectivity index (χ4n) is 2.33. The van der Waals surface area contributed by atoms with Crippen LogP contribution in [0.3, 0.4) is 0 Å². The van der Waals surface area contributed by atoms with E-state index in [-0.39, 0.29) is 5.56 Å². The van der Waals surface area contributed by atoms with E-state index in [0.717, 1.165) is 16.8 Å². The van der Waals surface area contributed by atoms with Crippen LogP contribution in [0.4, 0.5) is 0 Å². The molecule has 1 N–H and O–H groups in total. The Morgan fingerprint density at radius 1 is 1.18 bits per heavy atom. The number of hydrogen-bond acceptors (Lipinski definition) is 5. The number of hydrogen-bond donors (Lipinski definition) is 1. The van der Waals surface area contributed by atoms with Crippen LogP contribution < -0.4 is 5.56 Å². The van der Waals surface area contributed by atoms with Crippen molar-refractivity contribution in [2.75, 3.05) is 0 Å². The largest absolute Gasteiger partial charge is 0.378 e. The number of aromatic nitrogens is 5. The highest BCUT2D eigenvalue weighted by molar-refractivity contribution is 6.31. The van der Waals surface area contributed by atoms with Gasteiger partial charge in [0, 0.05) is 10.6 Å². The van der Waals surface area contributed by atoms with E-state index in [2.05, 4.69) is 20.7 Å². The molecule has 0 aliphatic carbocycles. The Kier molecular flexibility index (Phi) is 2.80. The molecule has 2 aromatic carbocycles. The van der Waals surface area contributed by atoms with Gasteiger partial charge in [-0.1, -0.05) is 17.7 Å². The molecule has 0 atom stereocenters. The third-order valence-electron chi connectivity index (χ3n) is 3.35. The third-order valence-corrected chi connectivity index (χ3v) is 3.58. The zero-order valence-corrected chi connectivity index (χ0v) is 11.8. The minimum Gasteiger partial charge on any atom is -0.378 e. The summed E-state index contributed by atoms with van der Waals surface area (Å²) < 4.78 is 6.70. The van der Waals surface area contributed by atoms with Gasteiger partial charge >= 0.3 is 0 Å². The van der Waals surface area contributed by atoms with Gasteiger partial charge in [-0.2, -0.15) is 9.84 Å². The summed E-state index contributed by atoms with van der Waals surface area (Å²) in [5.74, 6) is 0. The summed E-state index contributed by atoms with van der Waals surface area (Å²) in [4.78, 5) is 11.5. The summed E-state index contributed by atoms with van der Waals surface area (Å²) >= 11 is 6.11. The summed E-state index contributed by atoms with van der Waals surface area (Å²) in [6.07, 6.45) is 1.50. The second-order valence-corrected chi connectivity index (χ2v) is 5.10. The second-order valence-electron chi connectivity index (χ2n) is 4.66. The molecule has 7 nitrogen and oxygen atoms in total. The molecule has 0 aliphatic rings. The molecule has 0 spiro atoms. The molecule has 2 heterocycles. The second kappa shape index (κ2) is 4.81. The number of nitrogens with zero attached hydrogens (tertiary/aromatic N) is 4. The van der Waals surface area contributed by atoms with E-state index in [1.54, 1.807) is 22.9 Å². The van der Waals surface area contributed by atoms with Gasteiger partial charge in [0.05, 0.1) is 11.1 Å². The van der Waals surface area contributed by atoms with Gasteiger partial charge in [0.2, 0.25) is 0 Å². The van der Waals surface area contributed by atoms with Gasteiger partial charge in [0.15, 0.2) is 5.58 Å². The van der Waals surface area contributed by atoms with E-state index in [4.69, 9.17) is 16.1 Å². The van der Waals surface area contributed by atoms with Crippen molar-refractivity contribution >= 4 is 22.6 Å². The highest BCUT2D eigenvalue weighted by Gasteiger charge is 2.12. The summed E-state index contributed by atoms with van der Waals surface area (Å²) in [6.45, 7) is 0. The summed E-state index contributed by atoms with van der Waals surface area (Å²) in [6, 6.07) is 10.7. The Hall–Kier alpha value is -2.93. The molecule has 22 heavy (non-hydrogen) atoms. The molecule has 4 rings (SSSR count). The Morgan fingerprint density at radius 2 is 2.09 bits per heavy atom. The smallest absolute Gasteiger partial charge is 0.287 e. The van der Waals surface area contributed by atoms with Crippen LogP contribution in [0.5, 0.6) is 0 Å². The lowest BCUT2D eigenvalue weighted by Gasteiger charge is -2.09. The summed E-state index contributed by atoms with van der Waals surface area (Å²) in [5.41, 5.74) is 2.65. The van der Waals surface area contributed by atoms with Gasteiger partial charge in [0.1, 0.15) is 6.33 Å². The van der Waals surface area contributed by atoms with Gasteiger partial charge in [-0.25, -0.2) is 0 Å². The fraction of sp³-hybridized carbons (Fsp3) is 0. The van der Waals surface area contributed by atoms with Crippen LogP contribution in [-0.4, -0.2) is 25.4 Å². The average molecular weight is 314 g/mol. The maximum Gasteiger partial charge on any atom is 0.287 e. The Bertz CT molecular complexity index is 1020. The predicted molar refractivity (Wildman–Crippen MR) is 80.0 cm³/mol. The number of rotatable bonds is 2. The standard InChI is InChI=1S/C14H8ClN5O2/c15-9-2-4-12(20-7-16-18-19-20)11(6-9)8-1-3-10-13(5-8)22-17-14(10)21/h1-7H,(H,17,21). The molecule has 2 aromatic heterocycles. The highest BCUT2D eigenvalue weighted by Crippen LogP contribution is 2.30. The Balaban J connectivity index is 1.97. The first-order valence-electron chi connectivity index (χ1n) is 6.37. The van der Waals surface area contributed by atoms with Crippen LogP contribution in [0.2, 0.25) is 5.02 Å². The maximum atomic E-state index is 11.5. The third kappa shape index (κ3) is 1.99. The van der Waals surface area contributed by atoms with E-state index in [9.17, 15) is 4.79 Å². The highest BCUT2D eigenvalue weighted by atomic mass is 35.5. The predicted octanol–water partition coefficient (Wildman–Crippen LogP) is 2.42. The van der Waals surface area contributed by atoms with Gasteiger partial charge in [0.25, 0.3) is 5.56 Å². The molecule has 108 valence electrons.